The van der Waals surface area contributed by atoms with Gasteiger partial charge in [-0.15, -0.1) is 10.8 Å². The topological polar surface area (TPSA) is 110 Å². The molecule has 0 unspecified atom stereocenters. The zero-order valence-corrected chi connectivity index (χ0v) is 23.6. The quantitative estimate of drug-likeness (QED) is 0.237. The number of amides is 1. The molecule has 0 bridgehead atoms. The molecule has 0 spiro atoms. The number of carbonyl (C=O) groups excluding carboxylic acids is 1. The van der Waals surface area contributed by atoms with Gasteiger partial charge in [-0.1, -0.05) is 49.6 Å². The van der Waals surface area contributed by atoms with Crippen LogP contribution in [0.4, 0.5) is 5.69 Å². The molecule has 3 aromatic rings. The van der Waals surface area contributed by atoms with Crippen LogP contribution in [0, 0.1) is 0 Å². The lowest BCUT2D eigenvalue weighted by molar-refractivity contribution is 0.0821. The van der Waals surface area contributed by atoms with Gasteiger partial charge in [-0.2, -0.15) is 0 Å². The summed E-state index contributed by atoms with van der Waals surface area (Å²) >= 11 is 0. The maximum absolute atomic E-state index is 13.8. The van der Waals surface area contributed by atoms with Crippen LogP contribution < -0.4 is 14.9 Å². The number of aromatic nitrogens is 1. The maximum Gasteiger partial charge on any atom is 0.251 e. The van der Waals surface area contributed by atoms with Crippen LogP contribution in [-0.4, -0.2) is 61.7 Å². The van der Waals surface area contributed by atoms with Crippen LogP contribution in [0.5, 0.6) is 0 Å². The molecule has 212 valence electrons. The molecule has 9 heteroatoms. The lowest BCUT2D eigenvalue weighted by Crippen LogP contribution is -2.50. The van der Waals surface area contributed by atoms with Gasteiger partial charge in [-0.25, -0.2) is 0 Å². The van der Waals surface area contributed by atoms with E-state index in [1.165, 1.54) is 19.3 Å². The highest BCUT2D eigenvalue weighted by Gasteiger charge is 2.32. The molecule has 1 aromatic heterocycles. The molecular formula is C30H42N4O4S. The average molecular weight is 555 g/mol. The number of nitrogens with one attached hydrogen (secondary N) is 2. The van der Waals surface area contributed by atoms with Gasteiger partial charge in [-0.3, -0.25) is 18.2 Å². The number of aliphatic hydroxyl groups is 1. The van der Waals surface area contributed by atoms with Crippen molar-refractivity contribution < 1.29 is 19.0 Å². The number of benzene rings is 2. The number of hydrogen-bond acceptors (Lipinski definition) is 6. The molecule has 2 atom stereocenters. The van der Waals surface area contributed by atoms with Crippen molar-refractivity contribution in [2.24, 2.45) is 0 Å². The molecule has 1 saturated carbocycles. The van der Waals surface area contributed by atoms with Crippen LogP contribution >= 0.6 is 10.8 Å². The second-order valence-electron chi connectivity index (χ2n) is 10.9. The second kappa shape index (κ2) is 12.3. The molecule has 0 radical (unpaired) electrons. The summed E-state index contributed by atoms with van der Waals surface area (Å²) in [6, 6.07) is 15.4. The van der Waals surface area contributed by atoms with E-state index in [2.05, 4.69) is 15.2 Å². The van der Waals surface area contributed by atoms with E-state index in [9.17, 15) is 19.0 Å². The largest absolute Gasteiger partial charge is 0.390 e. The lowest BCUT2D eigenvalue weighted by atomic mass is 9.95. The number of nitrogens with zero attached hydrogens (tertiary/aromatic N) is 2. The number of carbonyl (C=O) groups is 1. The first-order chi connectivity index (χ1) is 18.9. The number of anilines is 1. The van der Waals surface area contributed by atoms with E-state index >= 15 is 0 Å². The molecular weight excluding hydrogens is 512 g/mol. The first-order valence-electron chi connectivity index (χ1n) is 14.3. The minimum Gasteiger partial charge on any atom is -0.390 e. The number of hydrogen-bond donors (Lipinski definition) is 5. The zero-order chi connectivity index (χ0) is 27.4. The maximum atomic E-state index is 13.8. The monoisotopic (exact) mass is 554 g/mol. The Morgan fingerprint density at radius 3 is 2.54 bits per heavy atom. The summed E-state index contributed by atoms with van der Waals surface area (Å²) < 4.78 is 25.2. The van der Waals surface area contributed by atoms with Gasteiger partial charge < -0.3 is 20.3 Å². The predicted octanol–water partition coefficient (Wildman–Crippen LogP) is 5.16. The minimum absolute atomic E-state index is 0.282. The van der Waals surface area contributed by atoms with Crippen LogP contribution in [0.25, 0.3) is 10.9 Å². The van der Waals surface area contributed by atoms with E-state index < -0.39 is 22.9 Å². The molecule has 2 aromatic carbocycles. The van der Waals surface area contributed by atoms with Crippen LogP contribution in [0.1, 0.15) is 61.4 Å². The van der Waals surface area contributed by atoms with Crippen molar-refractivity contribution >= 4 is 33.3 Å². The third kappa shape index (κ3) is 6.44. The fourth-order valence-corrected chi connectivity index (χ4v) is 7.59. The summed E-state index contributed by atoms with van der Waals surface area (Å²) in [5.41, 5.74) is 3.03. The highest BCUT2D eigenvalue weighted by molar-refractivity contribution is 8.25. The van der Waals surface area contributed by atoms with Crippen molar-refractivity contribution in [2.75, 3.05) is 23.1 Å². The van der Waals surface area contributed by atoms with E-state index in [0.717, 1.165) is 35.9 Å². The van der Waals surface area contributed by atoms with Crippen molar-refractivity contribution in [2.45, 2.75) is 76.6 Å². The Morgan fingerprint density at radius 2 is 1.85 bits per heavy atom. The molecule has 2 heterocycles. The fraction of sp³-hybridized carbons (Fsp3) is 0.500. The number of aryl methyl sites for hydroxylation is 1. The van der Waals surface area contributed by atoms with Gasteiger partial charge in [-0.05, 0) is 56.4 Å². The Bertz CT molecular complexity index is 1260. The third-order valence-electron chi connectivity index (χ3n) is 8.17. The normalized spacial score (nSPS) is 20.2. The first kappa shape index (κ1) is 28.0. The highest BCUT2D eigenvalue weighted by Crippen LogP contribution is 2.52. The molecule has 8 nitrogen and oxygen atoms in total. The Morgan fingerprint density at radius 1 is 1.08 bits per heavy atom. The predicted molar refractivity (Wildman–Crippen MR) is 160 cm³/mol. The Labute approximate surface area is 232 Å². The lowest BCUT2D eigenvalue weighted by Gasteiger charge is -2.38. The van der Waals surface area contributed by atoms with Gasteiger partial charge in [0, 0.05) is 42.8 Å². The summed E-state index contributed by atoms with van der Waals surface area (Å²) in [6.07, 6.45) is 8.35. The van der Waals surface area contributed by atoms with Crippen molar-refractivity contribution in [3.8, 4) is 0 Å². The Balaban J connectivity index is 1.41. The first-order valence-corrected chi connectivity index (χ1v) is 16.0. The fourth-order valence-electron chi connectivity index (χ4n) is 5.96. The summed E-state index contributed by atoms with van der Waals surface area (Å²) in [6.45, 7) is 3.72. The molecule has 39 heavy (non-hydrogen) atoms. The summed E-state index contributed by atoms with van der Waals surface area (Å²) in [5.74, 6) is 0.0500. The average Bonchev–Trinajstić information content (AvgIpc) is 3.53. The van der Waals surface area contributed by atoms with Crippen molar-refractivity contribution in [1.29, 1.82) is 0 Å². The smallest absolute Gasteiger partial charge is 0.251 e. The summed E-state index contributed by atoms with van der Waals surface area (Å²) in [4.78, 5) is 13.8. The molecule has 1 saturated heterocycles. The minimum atomic E-state index is -2.92. The highest BCUT2D eigenvalue weighted by atomic mass is 32.3. The van der Waals surface area contributed by atoms with E-state index in [1.807, 2.05) is 55.6 Å². The molecule has 1 aliphatic heterocycles. The third-order valence-corrected chi connectivity index (χ3v) is 10.1. The SMILES string of the molecule is CCn1ccc2c(N3CCCS3(O)O)cc(C(=O)N[C@@H](Cc3ccccc3)[C@@H](O)CNC3CCCCC3)cc21. The number of rotatable bonds is 10. The summed E-state index contributed by atoms with van der Waals surface area (Å²) in [5, 5.41) is 18.8. The van der Waals surface area contributed by atoms with Gasteiger partial charge in [0.15, 0.2) is 0 Å². The second-order valence-corrected chi connectivity index (χ2v) is 13.0. The molecule has 2 fully saturated rings. The Hall–Kier alpha value is -2.56. The van der Waals surface area contributed by atoms with Gasteiger partial charge in [0.05, 0.1) is 29.1 Å². The molecule has 1 aliphatic carbocycles. The van der Waals surface area contributed by atoms with Gasteiger partial charge in [0.25, 0.3) is 5.91 Å². The van der Waals surface area contributed by atoms with E-state index in [1.54, 1.807) is 10.4 Å². The van der Waals surface area contributed by atoms with Gasteiger partial charge in [0.1, 0.15) is 0 Å². The van der Waals surface area contributed by atoms with Gasteiger partial charge in [0.2, 0.25) is 0 Å². The molecule has 5 rings (SSSR count). The molecule has 2 aliphatic rings. The van der Waals surface area contributed by atoms with E-state index in [0.29, 0.717) is 49.0 Å². The van der Waals surface area contributed by atoms with Crippen LogP contribution in [0.2, 0.25) is 0 Å². The van der Waals surface area contributed by atoms with Crippen LogP contribution in [-0.2, 0) is 13.0 Å². The van der Waals surface area contributed by atoms with Gasteiger partial charge >= 0.3 is 0 Å². The number of fused-ring (bicyclic) bond motifs is 1. The summed E-state index contributed by atoms with van der Waals surface area (Å²) in [7, 11) is -2.92. The van der Waals surface area contributed by atoms with Crippen LogP contribution in [0.15, 0.2) is 54.7 Å². The van der Waals surface area contributed by atoms with Crippen molar-refractivity contribution in [3.05, 3.63) is 65.9 Å². The number of aliphatic hydroxyl groups excluding tert-OH is 1. The van der Waals surface area contributed by atoms with Crippen molar-refractivity contribution in [1.82, 2.24) is 15.2 Å². The van der Waals surface area contributed by atoms with E-state index in [4.69, 9.17) is 0 Å². The van der Waals surface area contributed by atoms with Crippen molar-refractivity contribution in [3.63, 3.8) is 0 Å². The van der Waals surface area contributed by atoms with E-state index in [-0.39, 0.29) is 5.91 Å². The molecule has 5 N–H and O–H groups in total. The van der Waals surface area contributed by atoms with Crippen LogP contribution in [0.3, 0.4) is 0 Å². The zero-order valence-electron chi connectivity index (χ0n) is 22.8. The standard InChI is InChI=1S/C30H42N4O4S/c1-2-33-16-14-25-27(33)19-23(20-28(25)34-15-9-17-39(34,37)38)30(36)32-26(18-22-10-5-3-6-11-22)29(35)21-31-24-12-7-4-8-13-24/h3,5-6,10-11,14,16,19-20,24,26,29,31,35,37-38H,2,4,7-9,12-13,15,17-18,21H2,1H3,(H,32,36)/t26-,29-/m0/s1. The molecule has 1 amide bonds. The Kier molecular flexibility index (Phi) is 8.83.